The van der Waals surface area contributed by atoms with Crippen molar-refractivity contribution in [2.75, 3.05) is 32.1 Å². The Kier molecular flexibility index (Phi) is 7.56. The monoisotopic (exact) mass is 512 g/mol. The van der Waals surface area contributed by atoms with E-state index in [1.54, 1.807) is 11.0 Å². The largest absolute Gasteiger partial charge is 0.486 e. The van der Waals surface area contributed by atoms with Crippen LogP contribution in [0.4, 0.5) is 13.2 Å². The molecule has 2 N–H and O–H groups in total. The van der Waals surface area contributed by atoms with Gasteiger partial charge in [0.25, 0.3) is 0 Å². The second kappa shape index (κ2) is 10.4. The molecule has 11 heteroatoms. The molecule has 0 aliphatic carbocycles. The van der Waals surface area contributed by atoms with Gasteiger partial charge in [0.2, 0.25) is 5.91 Å². The molecule has 0 saturated carbocycles. The molecule has 4 rings (SSSR count). The van der Waals surface area contributed by atoms with Crippen LogP contribution in [0.1, 0.15) is 24.8 Å². The Morgan fingerprint density at radius 2 is 1.66 bits per heavy atom. The average Bonchev–Trinajstić information content (AvgIpc) is 2.85. The molecule has 0 spiro atoms. The molecule has 2 aromatic rings. The van der Waals surface area contributed by atoms with Gasteiger partial charge >= 0.3 is 0 Å². The molecule has 1 fully saturated rings. The number of amides is 1. The zero-order chi connectivity index (χ0) is 25.2. The quantitative estimate of drug-likeness (QED) is 0.573. The number of ether oxygens (including phenoxy) is 2. The van der Waals surface area contributed by atoms with Crippen LogP contribution in [-0.2, 0) is 21.1 Å². The molecule has 35 heavy (non-hydrogen) atoms. The number of fused-ring (bicyclic) bond motifs is 1. The van der Waals surface area contributed by atoms with Crippen molar-refractivity contribution in [1.29, 1.82) is 0 Å². The third-order valence-electron chi connectivity index (χ3n) is 6.50. The van der Waals surface area contributed by atoms with E-state index in [0.717, 1.165) is 6.07 Å². The Hall–Kier alpha value is -2.79. The number of piperidine rings is 1. The number of carbonyl (C=O) groups is 1. The van der Waals surface area contributed by atoms with Crippen molar-refractivity contribution in [2.45, 2.75) is 36.6 Å². The van der Waals surface area contributed by atoms with Crippen LogP contribution in [0.2, 0.25) is 0 Å². The van der Waals surface area contributed by atoms with Crippen LogP contribution in [-0.4, -0.2) is 57.3 Å². The molecule has 1 saturated heterocycles. The van der Waals surface area contributed by atoms with Crippen LogP contribution in [0.25, 0.3) is 0 Å². The van der Waals surface area contributed by atoms with Gasteiger partial charge in [0.1, 0.15) is 19.0 Å². The molecular formula is C24H27F3N2O5S. The SMILES string of the molecule is N[C@H](Cc1cc(F)c(F)cc1F)C1CCN(C(=O)CCS(=O)(=O)c2ccc3c(c2)OCCO3)CC1. The molecular weight excluding hydrogens is 485 g/mol. The highest BCUT2D eigenvalue weighted by molar-refractivity contribution is 7.91. The Labute approximate surface area is 201 Å². The first kappa shape index (κ1) is 25.3. The molecule has 2 aliphatic heterocycles. The first-order valence-electron chi connectivity index (χ1n) is 11.4. The third-order valence-corrected chi connectivity index (χ3v) is 8.21. The molecule has 2 aliphatic rings. The van der Waals surface area contributed by atoms with Gasteiger partial charge in [-0.1, -0.05) is 0 Å². The first-order chi connectivity index (χ1) is 16.6. The van der Waals surface area contributed by atoms with Crippen LogP contribution < -0.4 is 15.2 Å². The number of hydrogen-bond donors (Lipinski definition) is 1. The maximum Gasteiger partial charge on any atom is 0.223 e. The summed E-state index contributed by atoms with van der Waals surface area (Å²) in [4.78, 5) is 14.3. The average molecular weight is 513 g/mol. The molecule has 190 valence electrons. The fraction of sp³-hybridized carbons (Fsp3) is 0.458. The summed E-state index contributed by atoms with van der Waals surface area (Å²) < 4.78 is 76.8. The Morgan fingerprint density at radius 1 is 1.00 bits per heavy atom. The zero-order valence-corrected chi connectivity index (χ0v) is 19.8. The van der Waals surface area contributed by atoms with Crippen LogP contribution in [0, 0.1) is 23.4 Å². The van der Waals surface area contributed by atoms with E-state index in [2.05, 4.69) is 0 Å². The summed E-state index contributed by atoms with van der Waals surface area (Å²) in [6.07, 6.45) is 0.989. The molecule has 0 unspecified atom stereocenters. The normalized spacial score (nSPS) is 17.3. The van der Waals surface area contributed by atoms with Crippen molar-refractivity contribution in [3.8, 4) is 11.5 Å². The second-order valence-corrected chi connectivity index (χ2v) is 10.9. The van der Waals surface area contributed by atoms with Crippen molar-refractivity contribution in [1.82, 2.24) is 4.90 Å². The highest BCUT2D eigenvalue weighted by atomic mass is 32.2. The number of rotatable bonds is 7. The van der Waals surface area contributed by atoms with Crippen molar-refractivity contribution in [2.24, 2.45) is 11.7 Å². The van der Waals surface area contributed by atoms with E-state index < -0.39 is 33.3 Å². The minimum Gasteiger partial charge on any atom is -0.486 e. The van der Waals surface area contributed by atoms with Gasteiger partial charge in [-0.2, -0.15) is 0 Å². The Bertz CT molecular complexity index is 1200. The number of nitrogens with two attached hydrogens (primary N) is 1. The summed E-state index contributed by atoms with van der Waals surface area (Å²) in [5, 5.41) is 0. The van der Waals surface area contributed by atoms with Crippen LogP contribution in [0.5, 0.6) is 11.5 Å². The van der Waals surface area contributed by atoms with E-state index in [-0.39, 0.29) is 40.9 Å². The fourth-order valence-corrected chi connectivity index (χ4v) is 5.67. The van der Waals surface area contributed by atoms with Crippen LogP contribution >= 0.6 is 0 Å². The molecule has 7 nitrogen and oxygen atoms in total. The summed E-state index contributed by atoms with van der Waals surface area (Å²) in [7, 11) is -3.69. The first-order valence-corrected chi connectivity index (χ1v) is 13.1. The summed E-state index contributed by atoms with van der Waals surface area (Å²) in [5.74, 6) is -3.00. The van der Waals surface area contributed by atoms with E-state index in [0.29, 0.717) is 56.7 Å². The fourth-order valence-electron chi connectivity index (χ4n) is 4.43. The molecule has 2 aromatic carbocycles. The van der Waals surface area contributed by atoms with Gasteiger partial charge < -0.3 is 20.1 Å². The number of carbonyl (C=O) groups excluding carboxylic acids is 1. The van der Waals surface area contributed by atoms with Gasteiger partial charge in [-0.3, -0.25) is 4.79 Å². The maximum absolute atomic E-state index is 13.9. The zero-order valence-electron chi connectivity index (χ0n) is 19.0. The lowest BCUT2D eigenvalue weighted by molar-refractivity contribution is -0.132. The number of likely N-dealkylation sites (tertiary alicyclic amines) is 1. The van der Waals surface area contributed by atoms with Gasteiger partial charge in [0, 0.05) is 37.7 Å². The van der Waals surface area contributed by atoms with Gasteiger partial charge in [0.15, 0.2) is 33.0 Å². The van der Waals surface area contributed by atoms with Crippen LogP contribution in [0.3, 0.4) is 0 Å². The van der Waals surface area contributed by atoms with Gasteiger partial charge in [-0.15, -0.1) is 0 Å². The van der Waals surface area contributed by atoms with E-state index in [1.165, 1.54) is 12.1 Å². The Morgan fingerprint density at radius 3 is 2.37 bits per heavy atom. The van der Waals surface area contributed by atoms with Gasteiger partial charge in [-0.05, 0) is 48.9 Å². The third kappa shape index (κ3) is 5.90. The van der Waals surface area contributed by atoms with Gasteiger partial charge in [0.05, 0.1) is 10.6 Å². The molecule has 0 radical (unpaired) electrons. The highest BCUT2D eigenvalue weighted by Gasteiger charge is 2.29. The maximum atomic E-state index is 13.9. The highest BCUT2D eigenvalue weighted by Crippen LogP contribution is 2.32. The predicted octanol–water partition coefficient (Wildman–Crippen LogP) is 2.85. The number of benzene rings is 2. The predicted molar refractivity (Wildman–Crippen MR) is 121 cm³/mol. The van der Waals surface area contributed by atoms with Crippen molar-refractivity contribution < 1.29 is 35.9 Å². The van der Waals surface area contributed by atoms with E-state index in [9.17, 15) is 26.4 Å². The molecule has 1 amide bonds. The number of sulfone groups is 1. The van der Waals surface area contributed by atoms with Gasteiger partial charge in [-0.25, -0.2) is 21.6 Å². The standard InChI is InChI=1S/C24H27F3N2O5S/c25-18-14-20(27)19(26)11-16(18)12-21(28)15-3-6-29(7-4-15)24(30)5-10-35(31,32)17-1-2-22-23(13-17)34-9-8-33-22/h1-2,11,13-15,21H,3-10,12,28H2/t21-/m1/s1. The second-order valence-electron chi connectivity index (χ2n) is 8.82. The van der Waals surface area contributed by atoms with E-state index in [1.807, 2.05) is 0 Å². The van der Waals surface area contributed by atoms with Crippen LogP contribution in [0.15, 0.2) is 35.2 Å². The lowest BCUT2D eigenvalue weighted by atomic mass is 9.86. The van der Waals surface area contributed by atoms with Crippen molar-refractivity contribution >= 4 is 15.7 Å². The van der Waals surface area contributed by atoms with E-state index >= 15 is 0 Å². The smallest absolute Gasteiger partial charge is 0.223 e. The summed E-state index contributed by atoms with van der Waals surface area (Å²) in [5.41, 5.74) is 6.22. The van der Waals surface area contributed by atoms with E-state index in [4.69, 9.17) is 15.2 Å². The number of nitrogens with zero attached hydrogens (tertiary/aromatic N) is 1. The summed E-state index contributed by atoms with van der Waals surface area (Å²) in [6.45, 7) is 1.52. The molecule has 0 aromatic heterocycles. The Balaban J connectivity index is 1.28. The van der Waals surface area contributed by atoms with Crippen molar-refractivity contribution in [3.63, 3.8) is 0 Å². The minimum atomic E-state index is -3.69. The molecule has 2 heterocycles. The molecule has 1 atom stereocenters. The van der Waals surface area contributed by atoms with Crippen molar-refractivity contribution in [3.05, 3.63) is 53.3 Å². The molecule has 0 bridgehead atoms. The number of hydrogen-bond acceptors (Lipinski definition) is 6. The lowest BCUT2D eigenvalue weighted by Crippen LogP contribution is -2.44. The number of halogens is 3. The lowest BCUT2D eigenvalue weighted by Gasteiger charge is -2.35. The topological polar surface area (TPSA) is 98.9 Å². The summed E-state index contributed by atoms with van der Waals surface area (Å²) in [6, 6.07) is 5.25. The summed E-state index contributed by atoms with van der Waals surface area (Å²) >= 11 is 0. The minimum absolute atomic E-state index is 0.0132.